The van der Waals surface area contributed by atoms with Gasteiger partial charge in [0.15, 0.2) is 5.69 Å². The highest BCUT2D eigenvalue weighted by Crippen LogP contribution is 2.27. The summed E-state index contributed by atoms with van der Waals surface area (Å²) in [6.07, 6.45) is 3.13. The number of carbonyl (C=O) groups is 1. The van der Waals surface area contributed by atoms with Crippen LogP contribution in [0.3, 0.4) is 0 Å². The number of aromatic nitrogens is 2. The second-order valence-electron chi connectivity index (χ2n) is 5.15. The molecule has 2 rings (SSSR count). The van der Waals surface area contributed by atoms with E-state index in [1.807, 2.05) is 0 Å². The van der Waals surface area contributed by atoms with E-state index in [9.17, 15) is 18.0 Å². The molecule has 1 aromatic rings. The van der Waals surface area contributed by atoms with E-state index in [1.165, 1.54) is 19.0 Å². The average molecular weight is 289 g/mol. The highest BCUT2D eigenvalue weighted by Gasteiger charge is 2.33. The zero-order valence-electron chi connectivity index (χ0n) is 11.1. The molecule has 1 saturated carbocycles. The Morgan fingerprint density at radius 2 is 1.95 bits per heavy atom. The highest BCUT2D eigenvalue weighted by molar-refractivity contribution is 5.75. The third kappa shape index (κ3) is 4.25. The monoisotopic (exact) mass is 289 g/mol. The van der Waals surface area contributed by atoms with E-state index in [0.29, 0.717) is 0 Å². The number of carbonyl (C=O) groups excluding carboxylic acids is 1. The molecular weight excluding hydrogens is 271 g/mol. The molecule has 0 aromatic carbocycles. The van der Waals surface area contributed by atoms with Crippen LogP contribution in [0.4, 0.5) is 13.2 Å². The molecule has 0 unspecified atom stereocenters. The van der Waals surface area contributed by atoms with Crippen LogP contribution in [0.1, 0.15) is 44.2 Å². The topological polar surface area (TPSA) is 46.9 Å². The lowest BCUT2D eigenvalue weighted by atomic mass is 10.1. The highest BCUT2D eigenvalue weighted by atomic mass is 19.4. The Labute approximate surface area is 115 Å². The number of nitrogens with one attached hydrogen (secondary N) is 1. The van der Waals surface area contributed by atoms with Crippen LogP contribution in [-0.2, 0) is 17.5 Å². The van der Waals surface area contributed by atoms with Crippen molar-refractivity contribution in [2.24, 2.45) is 0 Å². The average Bonchev–Trinajstić information content (AvgIpc) is 2.67. The molecule has 1 heterocycles. The van der Waals surface area contributed by atoms with Crippen molar-refractivity contribution in [1.82, 2.24) is 15.1 Å². The molecule has 20 heavy (non-hydrogen) atoms. The normalized spacial score (nSPS) is 17.8. The number of alkyl halides is 3. The van der Waals surface area contributed by atoms with Crippen LogP contribution in [-0.4, -0.2) is 21.7 Å². The molecular formula is C13H18F3N3O. The van der Waals surface area contributed by atoms with Gasteiger partial charge in [-0.15, -0.1) is 0 Å². The van der Waals surface area contributed by atoms with Crippen LogP contribution in [0.2, 0.25) is 0 Å². The molecule has 0 saturated heterocycles. The molecule has 1 aromatic heterocycles. The van der Waals surface area contributed by atoms with Gasteiger partial charge >= 0.3 is 6.18 Å². The van der Waals surface area contributed by atoms with E-state index < -0.39 is 11.9 Å². The molecule has 1 fully saturated rings. The summed E-state index contributed by atoms with van der Waals surface area (Å²) in [5.74, 6) is -0.284. The summed E-state index contributed by atoms with van der Waals surface area (Å²) in [7, 11) is 0. The third-order valence-electron chi connectivity index (χ3n) is 3.46. The molecule has 0 radical (unpaired) electrons. The van der Waals surface area contributed by atoms with Crippen molar-refractivity contribution in [3.05, 3.63) is 18.0 Å². The summed E-state index contributed by atoms with van der Waals surface area (Å²) in [4.78, 5) is 11.8. The Kier molecular flexibility index (Phi) is 4.67. The summed E-state index contributed by atoms with van der Waals surface area (Å²) in [5.41, 5.74) is -0.972. The van der Waals surface area contributed by atoms with Crippen molar-refractivity contribution in [3.8, 4) is 0 Å². The Bertz CT molecular complexity index is 448. The molecule has 1 aliphatic rings. The van der Waals surface area contributed by atoms with E-state index in [1.54, 1.807) is 0 Å². The van der Waals surface area contributed by atoms with Crippen LogP contribution in [0.25, 0.3) is 0 Å². The van der Waals surface area contributed by atoms with Crippen LogP contribution in [0.5, 0.6) is 0 Å². The van der Waals surface area contributed by atoms with Gasteiger partial charge in [0.05, 0.1) is 0 Å². The Balaban J connectivity index is 1.86. The molecule has 112 valence electrons. The fraction of sp³-hybridized carbons (Fsp3) is 0.692. The maximum atomic E-state index is 12.4. The molecule has 0 atom stereocenters. The number of amides is 1. The van der Waals surface area contributed by atoms with E-state index in [0.717, 1.165) is 36.4 Å². The second-order valence-corrected chi connectivity index (χ2v) is 5.15. The predicted octanol–water partition coefficient (Wildman–Crippen LogP) is 2.74. The maximum Gasteiger partial charge on any atom is 0.435 e. The number of hydrogen-bond donors (Lipinski definition) is 1. The van der Waals surface area contributed by atoms with Crippen LogP contribution in [0, 0.1) is 0 Å². The van der Waals surface area contributed by atoms with Crippen LogP contribution < -0.4 is 5.32 Å². The summed E-state index contributed by atoms with van der Waals surface area (Å²) < 4.78 is 38.2. The standard InChI is InChI=1S/C13H18F3N3O/c14-13(15,16)11-7-8-19(18-11)9-12(20)17-10-5-3-1-2-4-6-10/h7-8,10H,1-6,9H2,(H,17,20). The number of rotatable bonds is 3. The first-order valence-electron chi connectivity index (χ1n) is 6.85. The van der Waals surface area contributed by atoms with E-state index in [2.05, 4.69) is 10.4 Å². The van der Waals surface area contributed by atoms with Gasteiger partial charge in [0, 0.05) is 12.2 Å². The van der Waals surface area contributed by atoms with Gasteiger partial charge in [-0.25, -0.2) is 0 Å². The first-order valence-corrected chi connectivity index (χ1v) is 6.85. The zero-order chi connectivity index (χ0) is 14.6. The number of hydrogen-bond acceptors (Lipinski definition) is 2. The van der Waals surface area contributed by atoms with Gasteiger partial charge in [0.1, 0.15) is 6.54 Å². The Morgan fingerprint density at radius 3 is 2.50 bits per heavy atom. The van der Waals surface area contributed by atoms with Crippen molar-refractivity contribution >= 4 is 5.91 Å². The Hall–Kier alpha value is -1.53. The van der Waals surface area contributed by atoms with Crippen LogP contribution >= 0.6 is 0 Å². The van der Waals surface area contributed by atoms with Crippen molar-refractivity contribution in [3.63, 3.8) is 0 Å². The summed E-state index contributed by atoms with van der Waals surface area (Å²) >= 11 is 0. The zero-order valence-corrected chi connectivity index (χ0v) is 11.1. The predicted molar refractivity (Wildman–Crippen MR) is 66.9 cm³/mol. The molecule has 1 amide bonds. The molecule has 0 spiro atoms. The first kappa shape index (κ1) is 14.9. The third-order valence-corrected chi connectivity index (χ3v) is 3.46. The lowest BCUT2D eigenvalue weighted by molar-refractivity contribution is -0.141. The van der Waals surface area contributed by atoms with Crippen molar-refractivity contribution in [2.45, 2.75) is 57.3 Å². The molecule has 1 N–H and O–H groups in total. The van der Waals surface area contributed by atoms with Gasteiger partial charge in [-0.05, 0) is 18.9 Å². The number of nitrogens with zero attached hydrogens (tertiary/aromatic N) is 2. The van der Waals surface area contributed by atoms with Crippen molar-refractivity contribution in [1.29, 1.82) is 0 Å². The summed E-state index contributed by atoms with van der Waals surface area (Å²) in [6.45, 7) is -0.174. The fourth-order valence-electron chi connectivity index (χ4n) is 2.45. The van der Waals surface area contributed by atoms with Gasteiger partial charge in [0.25, 0.3) is 0 Å². The second kappa shape index (κ2) is 6.28. The number of halogens is 3. The quantitative estimate of drug-likeness (QED) is 0.870. The van der Waals surface area contributed by atoms with Crippen molar-refractivity contribution < 1.29 is 18.0 Å². The molecule has 1 aliphatic carbocycles. The lowest BCUT2D eigenvalue weighted by Crippen LogP contribution is -2.36. The smallest absolute Gasteiger partial charge is 0.352 e. The SMILES string of the molecule is O=C(Cn1ccc(C(F)(F)F)n1)NC1CCCCCC1. The molecule has 0 aliphatic heterocycles. The van der Waals surface area contributed by atoms with E-state index in [4.69, 9.17) is 0 Å². The van der Waals surface area contributed by atoms with Crippen molar-refractivity contribution in [2.75, 3.05) is 0 Å². The van der Waals surface area contributed by atoms with Gasteiger partial charge < -0.3 is 5.32 Å². The summed E-state index contributed by atoms with van der Waals surface area (Å²) in [6, 6.07) is 1.02. The lowest BCUT2D eigenvalue weighted by Gasteiger charge is -2.16. The first-order chi connectivity index (χ1) is 9.45. The maximum absolute atomic E-state index is 12.4. The fourth-order valence-corrected chi connectivity index (χ4v) is 2.45. The van der Waals surface area contributed by atoms with Crippen LogP contribution in [0.15, 0.2) is 12.3 Å². The van der Waals surface area contributed by atoms with E-state index >= 15 is 0 Å². The minimum atomic E-state index is -4.47. The van der Waals surface area contributed by atoms with Gasteiger partial charge in [-0.3, -0.25) is 9.48 Å². The summed E-state index contributed by atoms with van der Waals surface area (Å²) in [5, 5.41) is 6.24. The molecule has 7 heteroatoms. The van der Waals surface area contributed by atoms with Gasteiger partial charge in [-0.1, -0.05) is 25.7 Å². The van der Waals surface area contributed by atoms with E-state index in [-0.39, 0.29) is 18.5 Å². The minimum Gasteiger partial charge on any atom is -0.352 e. The van der Waals surface area contributed by atoms with Gasteiger partial charge in [-0.2, -0.15) is 18.3 Å². The van der Waals surface area contributed by atoms with Gasteiger partial charge in [0.2, 0.25) is 5.91 Å². The molecule has 0 bridgehead atoms. The minimum absolute atomic E-state index is 0.141. The Morgan fingerprint density at radius 1 is 1.30 bits per heavy atom. The largest absolute Gasteiger partial charge is 0.435 e. The molecule has 4 nitrogen and oxygen atoms in total.